The molecule has 0 aliphatic carbocycles. The lowest BCUT2D eigenvalue weighted by Crippen LogP contribution is -2.30. The molecule has 0 saturated carbocycles. The van der Waals surface area contributed by atoms with Gasteiger partial charge in [-0.15, -0.1) is 11.3 Å². The Labute approximate surface area is 179 Å². The van der Waals surface area contributed by atoms with Crippen LogP contribution >= 0.6 is 22.9 Å². The molecule has 1 heterocycles. The summed E-state index contributed by atoms with van der Waals surface area (Å²) in [6.45, 7) is 4.22. The van der Waals surface area contributed by atoms with Gasteiger partial charge in [-0.3, -0.25) is 14.5 Å². The van der Waals surface area contributed by atoms with E-state index in [2.05, 4.69) is 10.6 Å². The van der Waals surface area contributed by atoms with Gasteiger partial charge in [0.1, 0.15) is 5.00 Å². The first-order chi connectivity index (χ1) is 13.8. The van der Waals surface area contributed by atoms with Gasteiger partial charge in [-0.2, -0.15) is 0 Å². The van der Waals surface area contributed by atoms with Crippen LogP contribution in [-0.2, 0) is 16.1 Å². The molecule has 1 aromatic heterocycles. The maximum absolute atomic E-state index is 12.5. The number of halogens is 1. The quantitative estimate of drug-likeness (QED) is 0.618. The number of ether oxygens (including phenoxy) is 1. The van der Waals surface area contributed by atoms with Crippen molar-refractivity contribution >= 4 is 45.7 Å². The fourth-order valence-electron chi connectivity index (χ4n) is 2.75. The molecule has 2 rings (SSSR count). The van der Waals surface area contributed by atoms with Crippen LogP contribution in [0.4, 0.5) is 5.00 Å². The topological polar surface area (TPSA) is 87.7 Å². The molecule has 1 aromatic carbocycles. The summed E-state index contributed by atoms with van der Waals surface area (Å²) in [6, 6.07) is 7.39. The van der Waals surface area contributed by atoms with Crippen molar-refractivity contribution in [2.24, 2.45) is 0 Å². The first kappa shape index (κ1) is 22.9. The molecule has 2 amide bonds. The van der Waals surface area contributed by atoms with Gasteiger partial charge in [0.2, 0.25) is 5.91 Å². The summed E-state index contributed by atoms with van der Waals surface area (Å²) >= 11 is 6.95. The number of thiophene rings is 1. The van der Waals surface area contributed by atoms with Crippen molar-refractivity contribution in [3.63, 3.8) is 0 Å². The van der Waals surface area contributed by atoms with Crippen LogP contribution in [0.3, 0.4) is 0 Å². The van der Waals surface area contributed by atoms with Crippen LogP contribution in [0.15, 0.2) is 24.3 Å². The van der Waals surface area contributed by atoms with Crippen molar-refractivity contribution in [2.45, 2.75) is 20.4 Å². The molecule has 0 saturated heterocycles. The van der Waals surface area contributed by atoms with E-state index in [4.69, 9.17) is 16.3 Å². The number of hydrogen-bond acceptors (Lipinski definition) is 6. The fraction of sp³-hybridized carbons (Fsp3) is 0.350. The molecule has 0 unspecified atom stereocenters. The van der Waals surface area contributed by atoms with Crippen molar-refractivity contribution in [3.05, 3.63) is 50.9 Å². The van der Waals surface area contributed by atoms with E-state index in [1.807, 2.05) is 24.1 Å². The van der Waals surface area contributed by atoms with Crippen molar-refractivity contribution in [2.75, 3.05) is 32.6 Å². The summed E-state index contributed by atoms with van der Waals surface area (Å²) in [6.07, 6.45) is 0. The van der Waals surface area contributed by atoms with E-state index in [0.717, 1.165) is 16.9 Å². The largest absolute Gasteiger partial charge is 0.462 e. The minimum absolute atomic E-state index is 0.108. The Balaban J connectivity index is 2.14. The molecule has 2 aromatic rings. The van der Waals surface area contributed by atoms with Gasteiger partial charge in [-0.1, -0.05) is 23.7 Å². The molecular weight excluding hydrogens is 414 g/mol. The molecule has 0 spiro atoms. The average molecular weight is 438 g/mol. The summed E-state index contributed by atoms with van der Waals surface area (Å²) in [5, 5.41) is 6.25. The summed E-state index contributed by atoms with van der Waals surface area (Å²) < 4.78 is 5.09. The maximum atomic E-state index is 12.5. The van der Waals surface area contributed by atoms with Gasteiger partial charge in [-0.05, 0) is 44.2 Å². The number of amides is 2. The summed E-state index contributed by atoms with van der Waals surface area (Å²) in [4.78, 5) is 39.2. The highest BCUT2D eigenvalue weighted by Gasteiger charge is 2.26. The number of esters is 1. The van der Waals surface area contributed by atoms with E-state index < -0.39 is 5.97 Å². The second-order valence-corrected chi connectivity index (χ2v) is 7.86. The van der Waals surface area contributed by atoms with E-state index in [1.165, 1.54) is 7.05 Å². The smallest absolute Gasteiger partial charge is 0.341 e. The minimum Gasteiger partial charge on any atom is -0.462 e. The van der Waals surface area contributed by atoms with Crippen LogP contribution in [0, 0.1) is 6.92 Å². The molecule has 0 aliphatic rings. The molecule has 0 atom stereocenters. The minimum atomic E-state index is -0.568. The molecule has 0 bridgehead atoms. The van der Waals surface area contributed by atoms with Crippen LogP contribution in [0.25, 0.3) is 0 Å². The third kappa shape index (κ3) is 6.03. The predicted molar refractivity (Wildman–Crippen MR) is 115 cm³/mol. The van der Waals surface area contributed by atoms with Gasteiger partial charge in [-0.25, -0.2) is 4.79 Å². The molecule has 0 fully saturated rings. The highest BCUT2D eigenvalue weighted by Crippen LogP contribution is 2.33. The maximum Gasteiger partial charge on any atom is 0.341 e. The van der Waals surface area contributed by atoms with E-state index in [-0.39, 0.29) is 30.5 Å². The van der Waals surface area contributed by atoms with Crippen LogP contribution in [-0.4, -0.2) is 49.9 Å². The lowest BCUT2D eigenvalue weighted by molar-refractivity contribution is -0.117. The first-order valence-corrected chi connectivity index (χ1v) is 10.2. The van der Waals surface area contributed by atoms with Gasteiger partial charge >= 0.3 is 5.97 Å². The zero-order chi connectivity index (χ0) is 21.6. The molecule has 156 valence electrons. The summed E-state index contributed by atoms with van der Waals surface area (Å²) in [7, 11) is 3.32. The second-order valence-electron chi connectivity index (χ2n) is 6.41. The van der Waals surface area contributed by atoms with Gasteiger partial charge < -0.3 is 15.4 Å². The number of carbonyl (C=O) groups excluding carboxylic acids is 3. The summed E-state index contributed by atoms with van der Waals surface area (Å²) in [5.41, 5.74) is 1.72. The van der Waals surface area contributed by atoms with E-state index >= 15 is 0 Å². The van der Waals surface area contributed by atoms with E-state index in [0.29, 0.717) is 27.0 Å². The number of carbonyl (C=O) groups is 3. The zero-order valence-corrected chi connectivity index (χ0v) is 18.4. The first-order valence-electron chi connectivity index (χ1n) is 9.02. The number of nitrogens with one attached hydrogen (secondary N) is 2. The monoisotopic (exact) mass is 437 g/mol. The van der Waals surface area contributed by atoms with E-state index in [9.17, 15) is 14.4 Å². The Morgan fingerprint density at radius 1 is 1.21 bits per heavy atom. The average Bonchev–Trinajstić information content (AvgIpc) is 2.98. The van der Waals surface area contributed by atoms with Gasteiger partial charge in [0.05, 0.1) is 23.6 Å². The van der Waals surface area contributed by atoms with Gasteiger partial charge in [0.25, 0.3) is 5.91 Å². The molecular formula is C20H24ClN3O4S. The second kappa shape index (κ2) is 10.4. The zero-order valence-electron chi connectivity index (χ0n) is 16.8. The Hall–Kier alpha value is -2.42. The number of hydrogen-bond donors (Lipinski definition) is 2. The lowest BCUT2D eigenvalue weighted by Gasteiger charge is -2.16. The van der Waals surface area contributed by atoms with Gasteiger partial charge in [0.15, 0.2) is 0 Å². The number of anilines is 1. The number of nitrogens with zero attached hydrogens (tertiary/aromatic N) is 1. The van der Waals surface area contributed by atoms with E-state index in [1.54, 1.807) is 26.0 Å². The molecule has 7 nitrogen and oxygen atoms in total. The standard InChI is InChI=1S/C20H24ClN3O4S/c1-5-28-20(27)16-12(2)17(18(26)22-3)29-19(16)23-15(25)11-24(4)10-13-6-8-14(21)9-7-13/h6-9H,5,10-11H2,1-4H3,(H,22,26)(H,23,25). The lowest BCUT2D eigenvalue weighted by atomic mass is 10.1. The highest BCUT2D eigenvalue weighted by atomic mass is 35.5. The third-order valence-corrected chi connectivity index (χ3v) is 5.55. The number of likely N-dealkylation sites (N-methyl/N-ethyl adjacent to an activating group) is 1. The van der Waals surface area contributed by atoms with Crippen LogP contribution < -0.4 is 10.6 Å². The summed E-state index contributed by atoms with van der Waals surface area (Å²) in [5.74, 6) is -1.18. The molecule has 0 radical (unpaired) electrons. The Morgan fingerprint density at radius 3 is 2.45 bits per heavy atom. The predicted octanol–water partition coefficient (Wildman–Crippen LogP) is 3.32. The normalized spacial score (nSPS) is 10.7. The van der Waals surface area contributed by atoms with Crippen molar-refractivity contribution in [3.8, 4) is 0 Å². The molecule has 9 heteroatoms. The Morgan fingerprint density at radius 2 is 1.86 bits per heavy atom. The Kier molecular flexibility index (Phi) is 8.19. The Bertz CT molecular complexity index is 896. The highest BCUT2D eigenvalue weighted by molar-refractivity contribution is 7.18. The van der Waals surface area contributed by atoms with Crippen LogP contribution in [0.2, 0.25) is 5.02 Å². The van der Waals surface area contributed by atoms with Crippen molar-refractivity contribution < 1.29 is 19.1 Å². The fourth-order valence-corrected chi connectivity index (χ4v) is 4.03. The van der Waals surface area contributed by atoms with Gasteiger partial charge in [0, 0.05) is 18.6 Å². The van der Waals surface area contributed by atoms with Crippen molar-refractivity contribution in [1.29, 1.82) is 0 Å². The molecule has 0 aliphatic heterocycles. The SMILES string of the molecule is CCOC(=O)c1c(NC(=O)CN(C)Cc2ccc(Cl)cc2)sc(C(=O)NC)c1C. The number of rotatable bonds is 8. The molecule has 2 N–H and O–H groups in total. The van der Waals surface area contributed by atoms with Crippen LogP contribution in [0.5, 0.6) is 0 Å². The molecule has 29 heavy (non-hydrogen) atoms. The third-order valence-electron chi connectivity index (χ3n) is 4.09. The number of benzene rings is 1. The van der Waals surface area contributed by atoms with Crippen molar-refractivity contribution in [1.82, 2.24) is 10.2 Å². The van der Waals surface area contributed by atoms with Crippen LogP contribution in [0.1, 0.15) is 38.1 Å².